The summed E-state index contributed by atoms with van der Waals surface area (Å²) in [4.78, 5) is 17.6. The number of halogens is 2. The number of likely N-dealkylation sites (tertiary alicyclic amines) is 2. The van der Waals surface area contributed by atoms with Gasteiger partial charge >= 0.3 is 0 Å². The highest BCUT2D eigenvalue weighted by molar-refractivity contribution is 5.92. The van der Waals surface area contributed by atoms with Crippen LogP contribution in [0.4, 0.5) is 0 Å². The van der Waals surface area contributed by atoms with Gasteiger partial charge in [0.05, 0.1) is 12.2 Å². The van der Waals surface area contributed by atoms with Crippen LogP contribution in [0, 0.1) is 11.8 Å². The molecule has 1 aromatic heterocycles. The summed E-state index contributed by atoms with van der Waals surface area (Å²) in [5.74, 6) is 1.01. The molecule has 0 unspecified atom stereocenters. The third-order valence-corrected chi connectivity index (χ3v) is 7.17. The van der Waals surface area contributed by atoms with Crippen LogP contribution in [-0.2, 0) is 0 Å². The Kier molecular flexibility index (Phi) is 7.63. The van der Waals surface area contributed by atoms with Gasteiger partial charge in [-0.2, -0.15) is 0 Å². The molecular formula is C22H32Cl2N6O. The smallest absolute Gasteiger partial charge is 0.276 e. The molecule has 9 heteroatoms. The van der Waals surface area contributed by atoms with Crippen molar-refractivity contribution < 1.29 is 4.79 Å². The van der Waals surface area contributed by atoms with Crippen LogP contribution in [0.25, 0.3) is 0 Å². The van der Waals surface area contributed by atoms with Crippen LogP contribution < -0.4 is 5.73 Å². The van der Waals surface area contributed by atoms with Crippen LogP contribution >= 0.6 is 24.8 Å². The predicted molar refractivity (Wildman–Crippen MR) is 125 cm³/mol. The Morgan fingerprint density at radius 3 is 2.45 bits per heavy atom. The molecule has 0 bridgehead atoms. The van der Waals surface area contributed by atoms with Crippen molar-refractivity contribution >= 4 is 30.7 Å². The average Bonchev–Trinajstić information content (AvgIpc) is 3.43. The average molecular weight is 467 g/mol. The third kappa shape index (κ3) is 4.60. The van der Waals surface area contributed by atoms with Crippen LogP contribution in [0.2, 0.25) is 0 Å². The number of carbonyl (C=O) groups excluding carboxylic acids is 1. The maximum atomic E-state index is 13.1. The van der Waals surface area contributed by atoms with Gasteiger partial charge < -0.3 is 10.6 Å². The van der Waals surface area contributed by atoms with Gasteiger partial charge in [0, 0.05) is 37.6 Å². The molecule has 1 aromatic carbocycles. The quantitative estimate of drug-likeness (QED) is 0.751. The molecule has 3 fully saturated rings. The van der Waals surface area contributed by atoms with E-state index in [1.165, 1.54) is 5.56 Å². The molecule has 1 amide bonds. The van der Waals surface area contributed by atoms with Gasteiger partial charge in [0.15, 0.2) is 5.69 Å². The fourth-order valence-corrected chi connectivity index (χ4v) is 5.66. The number of nitrogens with two attached hydrogens (primary N) is 1. The Morgan fingerprint density at radius 2 is 1.74 bits per heavy atom. The molecule has 2 aromatic rings. The lowest BCUT2D eigenvalue weighted by atomic mass is 9.90. The van der Waals surface area contributed by atoms with Crippen LogP contribution in [0.5, 0.6) is 0 Å². The third-order valence-electron chi connectivity index (χ3n) is 7.17. The zero-order chi connectivity index (χ0) is 20.0. The number of amides is 1. The van der Waals surface area contributed by atoms with Gasteiger partial charge in [0.2, 0.25) is 0 Å². The Hall–Kier alpha value is -1.67. The second-order valence-corrected chi connectivity index (χ2v) is 9.08. The van der Waals surface area contributed by atoms with Crippen molar-refractivity contribution in [1.29, 1.82) is 0 Å². The van der Waals surface area contributed by atoms with Gasteiger partial charge in [-0.3, -0.25) is 9.69 Å². The van der Waals surface area contributed by atoms with E-state index < -0.39 is 0 Å². The zero-order valence-electron chi connectivity index (χ0n) is 17.8. The standard InChI is InChI=1S/C22H30N6O.2ClH/c1-26-11-16-12-27(13-19(16)21(26)15-5-3-2-4-6-15)22(29)20-14-28(25-24-20)18-9-7-17(23)8-10-18;;/h2-6,14,16-19,21H,7-13,23H2,1H3;2*1H/t16-,17?,18?,19+,21-;;/m0../s1. The first-order valence-corrected chi connectivity index (χ1v) is 10.8. The zero-order valence-corrected chi connectivity index (χ0v) is 19.5. The molecule has 1 aliphatic carbocycles. The number of hydrogen-bond acceptors (Lipinski definition) is 5. The van der Waals surface area contributed by atoms with Crippen LogP contribution in [0.3, 0.4) is 0 Å². The maximum absolute atomic E-state index is 13.1. The largest absolute Gasteiger partial charge is 0.336 e. The molecule has 0 radical (unpaired) electrons. The summed E-state index contributed by atoms with van der Waals surface area (Å²) >= 11 is 0. The summed E-state index contributed by atoms with van der Waals surface area (Å²) in [6.07, 6.45) is 5.89. The van der Waals surface area contributed by atoms with E-state index >= 15 is 0 Å². The Labute approximate surface area is 196 Å². The summed E-state index contributed by atoms with van der Waals surface area (Å²) in [6.45, 7) is 2.63. The second-order valence-electron chi connectivity index (χ2n) is 9.08. The molecule has 3 aliphatic rings. The number of carbonyl (C=O) groups is 1. The molecule has 2 aliphatic heterocycles. The fourth-order valence-electron chi connectivity index (χ4n) is 5.66. The Balaban J connectivity index is 0.00000136. The highest BCUT2D eigenvalue weighted by Gasteiger charge is 2.47. The molecule has 2 saturated heterocycles. The summed E-state index contributed by atoms with van der Waals surface area (Å²) in [5.41, 5.74) is 7.83. The Morgan fingerprint density at radius 1 is 1.03 bits per heavy atom. The lowest BCUT2D eigenvalue weighted by Crippen LogP contribution is -2.33. The van der Waals surface area contributed by atoms with E-state index in [2.05, 4.69) is 52.6 Å². The first kappa shape index (κ1) is 24.0. The number of nitrogens with zero attached hydrogens (tertiary/aromatic N) is 5. The molecule has 2 N–H and O–H groups in total. The van der Waals surface area contributed by atoms with E-state index in [4.69, 9.17) is 5.73 Å². The van der Waals surface area contributed by atoms with Gasteiger partial charge in [0.1, 0.15) is 0 Å². The summed E-state index contributed by atoms with van der Waals surface area (Å²) in [5, 5.41) is 8.50. The monoisotopic (exact) mass is 466 g/mol. The molecular weight excluding hydrogens is 435 g/mol. The van der Waals surface area contributed by atoms with E-state index in [1.807, 2.05) is 15.8 Å². The SMILES string of the molecule is CN1C[C@H]2CN(C(=O)c3cn(C4CCC(N)CC4)nn3)C[C@H]2[C@@H]1c1ccccc1.Cl.Cl. The number of hydrogen-bond donors (Lipinski definition) is 1. The fraction of sp³-hybridized carbons (Fsp3) is 0.591. The number of rotatable bonds is 3. The first-order valence-electron chi connectivity index (χ1n) is 10.8. The van der Waals surface area contributed by atoms with Crippen molar-refractivity contribution in [2.24, 2.45) is 17.6 Å². The van der Waals surface area contributed by atoms with Crippen LogP contribution in [-0.4, -0.2) is 63.4 Å². The van der Waals surface area contributed by atoms with Gasteiger partial charge in [0.25, 0.3) is 5.91 Å². The van der Waals surface area contributed by atoms with E-state index in [1.54, 1.807) is 0 Å². The van der Waals surface area contributed by atoms with Crippen molar-refractivity contribution in [2.45, 2.75) is 43.8 Å². The minimum atomic E-state index is 0. The summed E-state index contributed by atoms with van der Waals surface area (Å²) < 4.78 is 1.89. The lowest BCUT2D eigenvalue weighted by molar-refractivity contribution is 0.0762. The predicted octanol–water partition coefficient (Wildman–Crippen LogP) is 2.94. The minimum Gasteiger partial charge on any atom is -0.336 e. The van der Waals surface area contributed by atoms with Gasteiger partial charge in [-0.1, -0.05) is 35.5 Å². The topological polar surface area (TPSA) is 80.3 Å². The maximum Gasteiger partial charge on any atom is 0.276 e. The van der Waals surface area contributed by atoms with Crippen molar-refractivity contribution in [3.05, 3.63) is 47.8 Å². The van der Waals surface area contributed by atoms with Crippen molar-refractivity contribution in [3.8, 4) is 0 Å². The van der Waals surface area contributed by atoms with Gasteiger partial charge in [-0.15, -0.1) is 29.9 Å². The molecule has 5 rings (SSSR count). The number of aromatic nitrogens is 3. The molecule has 3 heterocycles. The van der Waals surface area contributed by atoms with Gasteiger partial charge in [-0.25, -0.2) is 4.68 Å². The van der Waals surface area contributed by atoms with Crippen LogP contribution in [0.15, 0.2) is 36.5 Å². The van der Waals surface area contributed by atoms with Crippen molar-refractivity contribution in [1.82, 2.24) is 24.8 Å². The molecule has 1 saturated carbocycles. The minimum absolute atomic E-state index is 0. The van der Waals surface area contributed by atoms with Crippen molar-refractivity contribution in [2.75, 3.05) is 26.7 Å². The highest BCUT2D eigenvalue weighted by atomic mass is 35.5. The Bertz CT molecular complexity index is 870. The molecule has 31 heavy (non-hydrogen) atoms. The van der Waals surface area contributed by atoms with E-state index in [9.17, 15) is 4.79 Å². The van der Waals surface area contributed by atoms with E-state index in [0.717, 1.165) is 45.3 Å². The molecule has 7 nitrogen and oxygen atoms in total. The second kappa shape index (κ2) is 9.86. The molecule has 170 valence electrons. The highest BCUT2D eigenvalue weighted by Crippen LogP contribution is 2.44. The molecule has 3 atom stereocenters. The summed E-state index contributed by atoms with van der Waals surface area (Å²) in [7, 11) is 2.20. The summed E-state index contributed by atoms with van der Waals surface area (Å²) in [6, 6.07) is 11.7. The van der Waals surface area contributed by atoms with Gasteiger partial charge in [-0.05, 0) is 44.2 Å². The van der Waals surface area contributed by atoms with Crippen molar-refractivity contribution in [3.63, 3.8) is 0 Å². The van der Waals surface area contributed by atoms with E-state index in [-0.39, 0.29) is 30.7 Å². The number of fused-ring (bicyclic) bond motifs is 1. The van der Waals surface area contributed by atoms with E-state index in [0.29, 0.717) is 35.7 Å². The molecule has 0 spiro atoms. The van der Waals surface area contributed by atoms with Crippen LogP contribution in [0.1, 0.15) is 53.8 Å². The number of benzene rings is 1. The first-order chi connectivity index (χ1) is 14.1. The normalized spacial score (nSPS) is 30.4. The lowest BCUT2D eigenvalue weighted by Gasteiger charge is -2.26.